The highest BCUT2D eigenvalue weighted by Gasteiger charge is 2.26. The zero-order chi connectivity index (χ0) is 21.1. The van der Waals surface area contributed by atoms with E-state index >= 15 is 0 Å². The summed E-state index contributed by atoms with van der Waals surface area (Å²) in [5.41, 5.74) is 7.40. The summed E-state index contributed by atoms with van der Waals surface area (Å²) in [5, 5.41) is 0.710. The molecule has 0 aliphatic heterocycles. The van der Waals surface area contributed by atoms with Gasteiger partial charge in [-0.25, -0.2) is 4.79 Å². The van der Waals surface area contributed by atoms with E-state index in [4.69, 9.17) is 14.1 Å². The molecule has 8 nitrogen and oxygen atoms in total. The van der Waals surface area contributed by atoms with E-state index in [2.05, 4.69) is 17.8 Å². The molecule has 8 heteroatoms. The van der Waals surface area contributed by atoms with Crippen LogP contribution >= 0.6 is 0 Å². The number of esters is 1. The lowest BCUT2D eigenvalue weighted by molar-refractivity contribution is -0.125. The number of carbonyl (C=O) groups excluding carboxylic acids is 3. The van der Waals surface area contributed by atoms with Gasteiger partial charge in [0.2, 0.25) is 0 Å². The van der Waals surface area contributed by atoms with Gasteiger partial charge in [0.05, 0.1) is 17.3 Å². The van der Waals surface area contributed by atoms with Gasteiger partial charge >= 0.3 is 11.9 Å². The van der Waals surface area contributed by atoms with Crippen LogP contribution in [0.15, 0.2) is 47.1 Å². The molecule has 1 atom stereocenters. The zero-order valence-corrected chi connectivity index (χ0v) is 16.4. The van der Waals surface area contributed by atoms with E-state index in [0.717, 1.165) is 36.0 Å². The molecule has 0 unspecified atom stereocenters. The van der Waals surface area contributed by atoms with E-state index in [-0.39, 0.29) is 5.76 Å². The average Bonchev–Trinajstić information content (AvgIpc) is 3.29. The molecule has 3 aromatic rings. The van der Waals surface area contributed by atoms with Gasteiger partial charge in [-0.3, -0.25) is 25.4 Å². The van der Waals surface area contributed by atoms with Gasteiger partial charge < -0.3 is 9.15 Å². The molecule has 0 bridgehead atoms. The van der Waals surface area contributed by atoms with E-state index in [9.17, 15) is 14.4 Å². The Morgan fingerprint density at radius 1 is 1.17 bits per heavy atom. The average molecular weight is 407 g/mol. The Kier molecular flexibility index (Phi) is 5.47. The minimum absolute atomic E-state index is 0.0521. The summed E-state index contributed by atoms with van der Waals surface area (Å²) in [6.45, 7) is 1.61. The number of rotatable bonds is 4. The van der Waals surface area contributed by atoms with Gasteiger partial charge in [-0.15, -0.1) is 0 Å². The fourth-order valence-electron chi connectivity index (χ4n) is 3.63. The molecule has 2 heterocycles. The number of ether oxygens (including phenoxy) is 1. The van der Waals surface area contributed by atoms with Gasteiger partial charge in [-0.1, -0.05) is 25.1 Å². The van der Waals surface area contributed by atoms with Gasteiger partial charge in [0.25, 0.3) is 5.91 Å². The van der Waals surface area contributed by atoms with Gasteiger partial charge in [0.1, 0.15) is 0 Å². The number of hydrazine groups is 1. The molecule has 4 rings (SSSR count). The molecule has 1 aliphatic carbocycles. The number of pyridine rings is 1. The minimum Gasteiger partial charge on any atom is -0.459 e. The number of nitrogens with one attached hydrogen (secondary N) is 2. The van der Waals surface area contributed by atoms with Crippen molar-refractivity contribution in [2.24, 2.45) is 5.92 Å². The molecule has 1 aliphatic rings. The van der Waals surface area contributed by atoms with Crippen molar-refractivity contribution in [2.75, 3.05) is 6.61 Å². The highest BCUT2D eigenvalue weighted by molar-refractivity contribution is 6.05. The second-order valence-corrected chi connectivity index (χ2v) is 7.33. The van der Waals surface area contributed by atoms with Crippen LogP contribution in [0.2, 0.25) is 0 Å². The lowest BCUT2D eigenvalue weighted by Crippen LogP contribution is -2.43. The molecule has 0 saturated carbocycles. The third-order valence-electron chi connectivity index (χ3n) is 5.10. The molecular formula is C22H21N3O5. The number of aryl methyl sites for hydroxylation is 1. The second-order valence-electron chi connectivity index (χ2n) is 7.33. The number of aromatic nitrogens is 1. The largest absolute Gasteiger partial charge is 0.459 e. The summed E-state index contributed by atoms with van der Waals surface area (Å²) >= 11 is 0. The molecule has 154 valence electrons. The second kappa shape index (κ2) is 8.36. The number of carbonyl (C=O) groups is 3. The normalized spacial score (nSPS) is 15.3. The Bertz CT molecular complexity index is 1110. The number of para-hydroxylation sites is 1. The predicted molar refractivity (Wildman–Crippen MR) is 108 cm³/mol. The lowest BCUT2D eigenvalue weighted by atomic mass is 9.84. The molecule has 0 spiro atoms. The van der Waals surface area contributed by atoms with Crippen LogP contribution in [0.4, 0.5) is 0 Å². The summed E-state index contributed by atoms with van der Waals surface area (Å²) in [4.78, 5) is 41.4. The number of amides is 2. The standard InChI is InChI=1S/C22H21N3O5/c1-13-8-9-17-15(11-13)20(14-5-2-3-6-16(14)23-17)22(28)30-12-19(26)24-25-21(27)18-7-4-10-29-18/h2-7,10,13H,8-9,11-12H2,1H3,(H,24,26)(H,25,27)/t13-/m1/s1. The maximum Gasteiger partial charge on any atom is 0.339 e. The van der Waals surface area contributed by atoms with Crippen LogP contribution in [0, 0.1) is 5.92 Å². The van der Waals surface area contributed by atoms with Gasteiger partial charge in [-0.2, -0.15) is 0 Å². The van der Waals surface area contributed by atoms with Crippen LogP contribution in [0.25, 0.3) is 10.9 Å². The van der Waals surface area contributed by atoms with E-state index < -0.39 is 24.4 Å². The molecule has 0 saturated heterocycles. The van der Waals surface area contributed by atoms with E-state index in [1.807, 2.05) is 24.3 Å². The molecule has 1 aromatic carbocycles. The highest BCUT2D eigenvalue weighted by Crippen LogP contribution is 2.31. The summed E-state index contributed by atoms with van der Waals surface area (Å²) in [7, 11) is 0. The molecule has 0 fully saturated rings. The van der Waals surface area contributed by atoms with Crippen molar-refractivity contribution >= 4 is 28.7 Å². The number of hydrogen-bond donors (Lipinski definition) is 2. The molecule has 30 heavy (non-hydrogen) atoms. The van der Waals surface area contributed by atoms with Crippen LogP contribution in [0.5, 0.6) is 0 Å². The van der Waals surface area contributed by atoms with Crippen molar-refractivity contribution < 1.29 is 23.5 Å². The fraction of sp³-hybridized carbons (Fsp3) is 0.273. The van der Waals surface area contributed by atoms with E-state index in [1.54, 1.807) is 6.07 Å². The first kappa shape index (κ1) is 19.6. The number of benzene rings is 1. The van der Waals surface area contributed by atoms with Crippen molar-refractivity contribution in [1.29, 1.82) is 0 Å². The van der Waals surface area contributed by atoms with Crippen molar-refractivity contribution in [3.63, 3.8) is 0 Å². The topological polar surface area (TPSA) is 111 Å². The molecule has 2 N–H and O–H groups in total. The first-order valence-corrected chi connectivity index (χ1v) is 9.73. The smallest absolute Gasteiger partial charge is 0.339 e. The minimum atomic E-state index is -0.663. The van der Waals surface area contributed by atoms with E-state index in [1.165, 1.54) is 12.3 Å². The number of nitrogens with zero attached hydrogens (tertiary/aromatic N) is 1. The third kappa shape index (κ3) is 4.03. The van der Waals surface area contributed by atoms with Crippen LogP contribution in [-0.4, -0.2) is 29.4 Å². The van der Waals surface area contributed by atoms with Crippen molar-refractivity contribution in [1.82, 2.24) is 15.8 Å². The summed E-state index contributed by atoms with van der Waals surface area (Å²) < 4.78 is 10.2. The number of hydrogen-bond acceptors (Lipinski definition) is 6. The monoisotopic (exact) mass is 407 g/mol. The van der Waals surface area contributed by atoms with Crippen molar-refractivity contribution in [3.8, 4) is 0 Å². The van der Waals surface area contributed by atoms with E-state index in [0.29, 0.717) is 16.9 Å². The van der Waals surface area contributed by atoms with Gasteiger partial charge in [0.15, 0.2) is 12.4 Å². The van der Waals surface area contributed by atoms with Crippen LogP contribution in [0.3, 0.4) is 0 Å². The first-order chi connectivity index (χ1) is 14.5. The molecule has 2 amide bonds. The number of fused-ring (bicyclic) bond motifs is 2. The predicted octanol–water partition coefficient (Wildman–Crippen LogP) is 2.57. The molecule has 2 aromatic heterocycles. The third-order valence-corrected chi connectivity index (χ3v) is 5.10. The Morgan fingerprint density at radius 2 is 2.00 bits per heavy atom. The maximum absolute atomic E-state index is 12.9. The Hall–Kier alpha value is -3.68. The summed E-state index contributed by atoms with van der Waals surface area (Å²) in [6, 6.07) is 10.4. The fourth-order valence-corrected chi connectivity index (χ4v) is 3.63. The quantitative estimate of drug-likeness (QED) is 0.508. The highest BCUT2D eigenvalue weighted by atomic mass is 16.5. The lowest BCUT2D eigenvalue weighted by Gasteiger charge is -2.24. The Morgan fingerprint density at radius 3 is 2.80 bits per heavy atom. The number of furan rings is 1. The zero-order valence-electron chi connectivity index (χ0n) is 16.4. The Labute approximate surface area is 172 Å². The van der Waals surface area contributed by atoms with Crippen LogP contribution < -0.4 is 10.9 Å². The van der Waals surface area contributed by atoms with Crippen LogP contribution in [0.1, 0.15) is 45.5 Å². The molecular weight excluding hydrogens is 386 g/mol. The Balaban J connectivity index is 1.47. The first-order valence-electron chi connectivity index (χ1n) is 9.73. The van der Waals surface area contributed by atoms with Crippen molar-refractivity contribution in [3.05, 3.63) is 65.2 Å². The van der Waals surface area contributed by atoms with Gasteiger partial charge in [0, 0.05) is 11.1 Å². The van der Waals surface area contributed by atoms with Crippen LogP contribution in [-0.2, 0) is 22.4 Å². The maximum atomic E-state index is 12.9. The van der Waals surface area contributed by atoms with Crippen molar-refractivity contribution in [2.45, 2.75) is 26.2 Å². The SMILES string of the molecule is C[C@@H]1CCc2nc3ccccc3c(C(=O)OCC(=O)NNC(=O)c3ccco3)c2C1. The molecule has 0 radical (unpaired) electrons. The summed E-state index contributed by atoms with van der Waals surface area (Å²) in [6.07, 6.45) is 3.91. The summed E-state index contributed by atoms with van der Waals surface area (Å²) in [5.74, 6) is -1.36. The van der Waals surface area contributed by atoms with Gasteiger partial charge in [-0.05, 0) is 48.9 Å².